The molecule has 27 heavy (non-hydrogen) atoms. The normalized spacial score (nSPS) is 12.0. The second kappa shape index (κ2) is 9.27. The van der Waals surface area contributed by atoms with E-state index in [4.69, 9.17) is 51.4 Å². The molecular weight excluding hydrogens is 435 g/mol. The third-order valence-electron chi connectivity index (χ3n) is 3.09. The summed E-state index contributed by atoms with van der Waals surface area (Å²) in [7, 11) is 0. The number of alkyl halides is 3. The Bertz CT molecular complexity index is 807. The number of halogens is 3. The molecule has 0 aliphatic carbocycles. The minimum Gasteiger partial charge on any atom is -0.459 e. The lowest BCUT2D eigenvalue weighted by atomic mass is 10.3. The fourth-order valence-corrected chi connectivity index (χ4v) is 2.51. The van der Waals surface area contributed by atoms with E-state index in [1.807, 2.05) is 0 Å². The van der Waals surface area contributed by atoms with Gasteiger partial charge in [-0.15, -0.1) is 0 Å². The van der Waals surface area contributed by atoms with Gasteiger partial charge in [0.2, 0.25) is 9.70 Å². The molecule has 0 spiro atoms. The molecule has 2 aromatic rings. The Labute approximate surface area is 175 Å². The van der Waals surface area contributed by atoms with E-state index in [0.29, 0.717) is 11.4 Å². The van der Waals surface area contributed by atoms with E-state index in [9.17, 15) is 9.59 Å². The predicted molar refractivity (Wildman–Crippen MR) is 110 cm³/mol. The Morgan fingerprint density at radius 2 is 1.63 bits per heavy atom. The van der Waals surface area contributed by atoms with Crippen LogP contribution in [-0.2, 0) is 4.79 Å². The molecule has 11 heteroatoms. The fourth-order valence-electron chi connectivity index (χ4n) is 1.95. The molecule has 1 heterocycles. The molecule has 0 saturated heterocycles. The van der Waals surface area contributed by atoms with E-state index < -0.39 is 15.9 Å². The molecule has 144 valence electrons. The summed E-state index contributed by atoms with van der Waals surface area (Å²) in [6.07, 6.45) is 0.225. The Balaban J connectivity index is 1.99. The van der Waals surface area contributed by atoms with Gasteiger partial charge in [0.05, 0.1) is 6.26 Å². The molecule has 1 atom stereocenters. The summed E-state index contributed by atoms with van der Waals surface area (Å²) >= 11 is 22.9. The number of hydrogen-bond acceptors (Lipinski definition) is 4. The second-order valence-corrected chi connectivity index (χ2v) is 8.06. The number of rotatable bonds is 5. The topological polar surface area (TPSA) is 95.4 Å². The number of hydrogen-bond donors (Lipinski definition) is 4. The van der Waals surface area contributed by atoms with Gasteiger partial charge in [0.1, 0.15) is 6.17 Å². The van der Waals surface area contributed by atoms with E-state index >= 15 is 0 Å². The second-order valence-electron chi connectivity index (χ2n) is 5.28. The molecule has 0 saturated carbocycles. The van der Waals surface area contributed by atoms with Gasteiger partial charge in [-0.1, -0.05) is 34.8 Å². The van der Waals surface area contributed by atoms with Crippen molar-refractivity contribution in [1.82, 2.24) is 10.6 Å². The zero-order valence-corrected chi connectivity index (χ0v) is 17.0. The zero-order valence-electron chi connectivity index (χ0n) is 13.9. The Hall–Kier alpha value is -2.00. The highest BCUT2D eigenvalue weighted by Crippen LogP contribution is 2.29. The van der Waals surface area contributed by atoms with Crippen molar-refractivity contribution in [1.29, 1.82) is 0 Å². The van der Waals surface area contributed by atoms with E-state index in [0.717, 1.165) is 0 Å². The van der Waals surface area contributed by atoms with Crippen molar-refractivity contribution < 1.29 is 14.0 Å². The molecule has 0 aliphatic heterocycles. The van der Waals surface area contributed by atoms with Gasteiger partial charge in [0.25, 0.3) is 5.91 Å². The molecule has 0 fully saturated rings. The third-order valence-corrected chi connectivity index (χ3v) is 3.96. The number of nitrogens with one attached hydrogen (secondary N) is 4. The van der Waals surface area contributed by atoms with Crippen LogP contribution in [-0.4, -0.2) is 26.9 Å². The summed E-state index contributed by atoms with van der Waals surface area (Å²) in [6, 6.07) is 9.81. The maximum absolute atomic E-state index is 12.1. The molecule has 2 rings (SSSR count). The van der Waals surface area contributed by atoms with Gasteiger partial charge in [-0.25, -0.2) is 0 Å². The van der Waals surface area contributed by atoms with Crippen molar-refractivity contribution in [2.45, 2.75) is 16.9 Å². The molecule has 0 bridgehead atoms. The third kappa shape index (κ3) is 6.91. The van der Waals surface area contributed by atoms with Crippen LogP contribution in [0.25, 0.3) is 0 Å². The molecule has 1 aromatic heterocycles. The summed E-state index contributed by atoms with van der Waals surface area (Å²) in [6.45, 7) is 1.42. The highest BCUT2D eigenvalue weighted by Gasteiger charge is 2.35. The first-order valence-electron chi connectivity index (χ1n) is 7.51. The maximum atomic E-state index is 12.1. The first-order chi connectivity index (χ1) is 12.6. The fraction of sp³-hybridized carbons (Fsp3) is 0.188. The van der Waals surface area contributed by atoms with Crippen LogP contribution in [0, 0.1) is 0 Å². The maximum Gasteiger partial charge on any atom is 0.288 e. The molecule has 7 nitrogen and oxygen atoms in total. The van der Waals surface area contributed by atoms with Crippen molar-refractivity contribution in [2.24, 2.45) is 0 Å². The van der Waals surface area contributed by atoms with Crippen LogP contribution in [0.2, 0.25) is 0 Å². The Kier molecular flexibility index (Phi) is 7.32. The lowest BCUT2D eigenvalue weighted by Crippen LogP contribution is -2.56. The van der Waals surface area contributed by atoms with E-state index in [2.05, 4.69) is 21.3 Å². The molecule has 1 aromatic carbocycles. The van der Waals surface area contributed by atoms with Gasteiger partial charge < -0.3 is 25.7 Å². The lowest BCUT2D eigenvalue weighted by molar-refractivity contribution is -0.114. The zero-order chi connectivity index (χ0) is 20.0. The van der Waals surface area contributed by atoms with Crippen molar-refractivity contribution in [3.05, 3.63) is 48.4 Å². The van der Waals surface area contributed by atoms with Crippen LogP contribution >= 0.6 is 47.0 Å². The van der Waals surface area contributed by atoms with Gasteiger partial charge in [0, 0.05) is 18.3 Å². The predicted octanol–water partition coefficient (Wildman–Crippen LogP) is 3.65. The smallest absolute Gasteiger partial charge is 0.288 e. The average Bonchev–Trinajstić information content (AvgIpc) is 3.09. The summed E-state index contributed by atoms with van der Waals surface area (Å²) in [5.74, 6) is -0.694. The summed E-state index contributed by atoms with van der Waals surface area (Å²) < 4.78 is 3.11. The van der Waals surface area contributed by atoms with Crippen LogP contribution < -0.4 is 21.3 Å². The lowest BCUT2D eigenvalue weighted by Gasteiger charge is -2.27. The molecule has 2 amide bonds. The van der Waals surface area contributed by atoms with Gasteiger partial charge in [-0.05, 0) is 48.6 Å². The summed E-state index contributed by atoms with van der Waals surface area (Å²) in [4.78, 5) is 23.1. The molecule has 0 radical (unpaired) electrons. The summed E-state index contributed by atoms with van der Waals surface area (Å²) in [5.41, 5.74) is 1.26. The Morgan fingerprint density at radius 1 is 1.04 bits per heavy atom. The average molecular weight is 450 g/mol. The number of benzene rings is 1. The van der Waals surface area contributed by atoms with Crippen molar-refractivity contribution in [3.8, 4) is 0 Å². The summed E-state index contributed by atoms with van der Waals surface area (Å²) in [5, 5.41) is 10.9. The van der Waals surface area contributed by atoms with E-state index in [-0.39, 0.29) is 16.8 Å². The van der Waals surface area contributed by atoms with Gasteiger partial charge in [0.15, 0.2) is 10.9 Å². The molecule has 4 N–H and O–H groups in total. The number of anilines is 2. The molecule has 1 unspecified atom stereocenters. The van der Waals surface area contributed by atoms with Crippen molar-refractivity contribution in [3.63, 3.8) is 0 Å². The largest absolute Gasteiger partial charge is 0.459 e. The Morgan fingerprint density at radius 3 is 2.11 bits per heavy atom. The van der Waals surface area contributed by atoms with Gasteiger partial charge in [-0.3, -0.25) is 9.59 Å². The standard InChI is InChI=1S/C16H15Cl3N4O3S/c1-9(24)20-10-4-6-11(7-5-10)21-15(27)23-14(16(17,18)19)22-13(25)12-3-2-8-26-12/h2-8,14H,1H3,(H,20,24)(H,22,25)(H2,21,23,27). The molecular formula is C16H15Cl3N4O3S. The van der Waals surface area contributed by atoms with Gasteiger partial charge in [-0.2, -0.15) is 0 Å². The number of amides is 2. The van der Waals surface area contributed by atoms with Crippen LogP contribution in [0.3, 0.4) is 0 Å². The van der Waals surface area contributed by atoms with E-state index in [1.54, 1.807) is 30.3 Å². The minimum atomic E-state index is -1.89. The van der Waals surface area contributed by atoms with Gasteiger partial charge >= 0.3 is 0 Å². The van der Waals surface area contributed by atoms with Crippen molar-refractivity contribution in [2.75, 3.05) is 10.6 Å². The minimum absolute atomic E-state index is 0.0588. The monoisotopic (exact) mass is 448 g/mol. The SMILES string of the molecule is CC(=O)Nc1ccc(NC(=S)NC(NC(=O)c2ccco2)C(Cl)(Cl)Cl)cc1. The van der Waals surface area contributed by atoms with Crippen LogP contribution in [0.15, 0.2) is 47.1 Å². The van der Waals surface area contributed by atoms with Crippen LogP contribution in [0.5, 0.6) is 0 Å². The van der Waals surface area contributed by atoms with Crippen molar-refractivity contribution >= 4 is 75.3 Å². The molecule has 0 aliphatic rings. The highest BCUT2D eigenvalue weighted by atomic mass is 35.6. The quantitative estimate of drug-likeness (QED) is 0.316. The number of thiocarbonyl (C=S) groups is 1. The number of furan rings is 1. The van der Waals surface area contributed by atoms with E-state index in [1.165, 1.54) is 19.3 Å². The first-order valence-corrected chi connectivity index (χ1v) is 9.05. The first kappa shape index (κ1) is 21.3. The van der Waals surface area contributed by atoms with Crippen LogP contribution in [0.1, 0.15) is 17.5 Å². The number of carbonyl (C=O) groups is 2. The number of carbonyl (C=O) groups excluding carboxylic acids is 2. The van der Waals surface area contributed by atoms with Crippen LogP contribution in [0.4, 0.5) is 11.4 Å². The highest BCUT2D eigenvalue weighted by molar-refractivity contribution is 7.80.